The molecule has 23 aromatic rings. The maximum Gasteiger partial charge on any atom is 0.143 e. The molecule has 133 heavy (non-hydrogen) atoms. The molecule has 0 bridgehead atoms. The summed E-state index contributed by atoms with van der Waals surface area (Å²) in [6.07, 6.45) is 0. The molecule has 618 valence electrons. The Hall–Kier alpha value is -17.2. The molecule has 1 atom stereocenters. The van der Waals surface area contributed by atoms with Crippen LogP contribution in [0.1, 0.15) is 66.8 Å². The van der Waals surface area contributed by atoms with E-state index in [1.165, 1.54) is 144 Å². The number of para-hydroxylation sites is 4. The maximum atomic E-state index is 7.20. The first-order chi connectivity index (χ1) is 66.0. The van der Waals surface area contributed by atoms with Gasteiger partial charge < -0.3 is 18.8 Å². The summed E-state index contributed by atoms with van der Waals surface area (Å²) in [4.78, 5) is 5.08. The Balaban J connectivity index is 0.568. The Morgan fingerprint density at radius 3 is 1.17 bits per heavy atom. The molecule has 2 spiro atoms. The van der Waals surface area contributed by atoms with Crippen LogP contribution in [-0.2, 0) is 16.2 Å². The van der Waals surface area contributed by atoms with E-state index in [0.29, 0.717) is 0 Å². The zero-order valence-corrected chi connectivity index (χ0v) is 72.5. The van der Waals surface area contributed by atoms with Gasteiger partial charge in [-0.3, -0.25) is 0 Å². The number of rotatable bonds is 13. The zero-order valence-electron chi connectivity index (χ0n) is 72.5. The van der Waals surface area contributed by atoms with E-state index in [9.17, 15) is 0 Å². The summed E-state index contributed by atoms with van der Waals surface area (Å²) in [5, 5.41) is 4.60. The second kappa shape index (κ2) is 28.9. The molecule has 2 aromatic heterocycles. The highest BCUT2D eigenvalue weighted by molar-refractivity contribution is 6.14. The lowest BCUT2D eigenvalue weighted by Crippen LogP contribution is -2.28. The summed E-state index contributed by atoms with van der Waals surface area (Å²) in [5.41, 5.74) is 46.6. The molecule has 0 fully saturated rings. The van der Waals surface area contributed by atoms with E-state index in [4.69, 9.17) is 4.42 Å². The van der Waals surface area contributed by atoms with E-state index in [1.807, 2.05) is 0 Å². The molecule has 2 heterocycles. The molecule has 5 aliphatic rings. The van der Waals surface area contributed by atoms with Gasteiger partial charge in [0.15, 0.2) is 0 Å². The van der Waals surface area contributed by atoms with Gasteiger partial charge in [0, 0.05) is 66.5 Å². The van der Waals surface area contributed by atoms with Gasteiger partial charge in [-0.15, -0.1) is 0 Å². The lowest BCUT2D eigenvalue weighted by molar-refractivity contribution is 0.670. The first kappa shape index (κ1) is 74.9. The summed E-state index contributed by atoms with van der Waals surface area (Å²) in [6.45, 7) is 0. The molecule has 5 aliphatic carbocycles. The average Bonchev–Trinajstić information content (AvgIpc) is 1.50. The van der Waals surface area contributed by atoms with Crippen molar-refractivity contribution in [2.45, 2.75) is 16.2 Å². The van der Waals surface area contributed by atoms with Crippen LogP contribution in [0.5, 0.6) is 0 Å². The van der Waals surface area contributed by atoms with Crippen LogP contribution in [0.25, 0.3) is 150 Å². The molecule has 0 aliphatic heterocycles. The van der Waals surface area contributed by atoms with Crippen molar-refractivity contribution < 1.29 is 4.42 Å². The highest BCUT2D eigenvalue weighted by Crippen LogP contribution is 2.68. The van der Waals surface area contributed by atoms with Crippen LogP contribution in [-0.4, -0.2) is 4.57 Å². The molecule has 0 saturated heterocycles. The Kier molecular flexibility index (Phi) is 16.3. The first-order valence-corrected chi connectivity index (χ1v) is 46.3. The summed E-state index contributed by atoms with van der Waals surface area (Å²) in [6, 6.07) is 184. The number of benzene rings is 21. The van der Waals surface area contributed by atoms with Crippen molar-refractivity contribution in [2.24, 2.45) is 0 Å². The van der Waals surface area contributed by atoms with Crippen molar-refractivity contribution in [1.29, 1.82) is 0 Å². The minimum absolute atomic E-state index is 0.501. The quantitative estimate of drug-likeness (QED) is 0.115. The van der Waals surface area contributed by atoms with Crippen LogP contribution in [0.3, 0.4) is 0 Å². The second-order valence-electron chi connectivity index (χ2n) is 36.2. The predicted octanol–water partition coefficient (Wildman–Crippen LogP) is 33.3. The third-order valence-corrected chi connectivity index (χ3v) is 29.9. The lowest BCUT2D eigenvalue weighted by atomic mass is 9.67. The van der Waals surface area contributed by atoms with Crippen molar-refractivity contribution in [2.75, 3.05) is 9.80 Å². The van der Waals surface area contributed by atoms with Crippen LogP contribution in [0.4, 0.5) is 34.1 Å². The third kappa shape index (κ3) is 10.5. The van der Waals surface area contributed by atoms with E-state index in [0.717, 1.165) is 106 Å². The fraction of sp³-hybridized carbons (Fsp3) is 0.0233. The van der Waals surface area contributed by atoms with Crippen molar-refractivity contribution in [1.82, 2.24) is 4.57 Å². The zero-order chi connectivity index (χ0) is 87.2. The summed E-state index contributed by atoms with van der Waals surface area (Å²) >= 11 is 0. The van der Waals surface area contributed by atoms with Crippen LogP contribution in [0.15, 0.2) is 496 Å². The Bertz CT molecular complexity index is 8680. The van der Waals surface area contributed by atoms with Crippen LogP contribution >= 0.6 is 0 Å². The highest BCUT2D eigenvalue weighted by Gasteiger charge is 2.55. The number of furan rings is 1. The van der Waals surface area contributed by atoms with E-state index in [-0.39, 0.29) is 0 Å². The average molecular weight is 1690 g/mol. The van der Waals surface area contributed by atoms with Crippen molar-refractivity contribution in [3.63, 3.8) is 0 Å². The fourth-order valence-corrected chi connectivity index (χ4v) is 24.6. The van der Waals surface area contributed by atoms with Crippen molar-refractivity contribution in [3.8, 4) is 106 Å². The van der Waals surface area contributed by atoms with Gasteiger partial charge in [0.1, 0.15) is 11.2 Å². The van der Waals surface area contributed by atoms with Gasteiger partial charge in [-0.1, -0.05) is 388 Å². The number of aromatic nitrogens is 1. The predicted molar refractivity (Wildman–Crippen MR) is 549 cm³/mol. The minimum atomic E-state index is -0.683. The number of nitrogens with zero attached hydrogens (tertiary/aromatic N) is 3. The maximum absolute atomic E-state index is 7.20. The Morgan fingerprint density at radius 2 is 0.579 bits per heavy atom. The summed E-state index contributed by atoms with van der Waals surface area (Å²) in [5.74, 6) is 0. The molecule has 0 N–H and O–H groups in total. The number of hydrogen-bond donors (Lipinski definition) is 0. The van der Waals surface area contributed by atoms with Gasteiger partial charge in [-0.25, -0.2) is 0 Å². The van der Waals surface area contributed by atoms with E-state index in [1.54, 1.807) is 0 Å². The molecule has 4 nitrogen and oxygen atoms in total. The topological polar surface area (TPSA) is 24.6 Å². The summed E-state index contributed by atoms with van der Waals surface area (Å²) in [7, 11) is 0. The molecule has 4 heteroatoms. The molecule has 21 aromatic carbocycles. The molecule has 0 saturated carbocycles. The fourth-order valence-electron chi connectivity index (χ4n) is 24.6. The van der Waals surface area contributed by atoms with Crippen LogP contribution in [0, 0.1) is 0 Å². The first-order valence-electron chi connectivity index (χ1n) is 46.3. The van der Waals surface area contributed by atoms with Crippen molar-refractivity contribution >= 4 is 77.9 Å². The number of anilines is 6. The summed E-state index contributed by atoms with van der Waals surface area (Å²) < 4.78 is 9.60. The van der Waals surface area contributed by atoms with Crippen LogP contribution in [0.2, 0.25) is 0 Å². The van der Waals surface area contributed by atoms with E-state index < -0.39 is 16.2 Å². The van der Waals surface area contributed by atoms with Gasteiger partial charge in [0.05, 0.1) is 44.3 Å². The second-order valence-corrected chi connectivity index (χ2v) is 36.2. The van der Waals surface area contributed by atoms with Gasteiger partial charge in [-0.2, -0.15) is 0 Å². The molecular formula is C129H81N3O. The molecule has 0 amide bonds. The van der Waals surface area contributed by atoms with Gasteiger partial charge in [0.2, 0.25) is 0 Å². The SMILES string of the molecule is c1ccc(-c2ccccc2N(c2ccc(-c3ccc4oc5c(-c6ccc7c(c6)-c6ccccc6C76c7ccccc7-c7c(N(c8ccc(-c9ccc%10c(c9)c9ccccc9n%10-c9ccccc9)cc8)c8ccc9c(c8)C(c8ccccc8)(c8ccccc8)c8ccccc8-9)cccc76)cccc5c4c3)cc2)c2cccc3c2-c2ccccc2C32c3ccccc3-c3ccccc32)cc1. The van der Waals surface area contributed by atoms with Crippen LogP contribution < -0.4 is 9.80 Å². The minimum Gasteiger partial charge on any atom is -0.455 e. The monoisotopic (exact) mass is 1690 g/mol. The lowest BCUT2D eigenvalue weighted by Gasteiger charge is -2.35. The number of fused-ring (bicyclic) bond motifs is 29. The molecule has 0 radical (unpaired) electrons. The van der Waals surface area contributed by atoms with Gasteiger partial charge >= 0.3 is 0 Å². The standard InChI is InChI=1S/C129H81N3O/c1-5-32-84(33-6-1)94-40-19-27-58-118(94)132(122-61-31-57-116-125(122)104-47-18-25-54-112(104)128(116)109-51-22-14-41-96(109)97-42-15-23-52-110(97)128)92-71-64-83(65-72-92)86-68-77-123-107(79-86)102-49-29-48-95(126(102)133-123)87-66-75-114-105(80-87)99-44-16-24-53-111(99)129(114)113-55-26-17-46-103(113)124-115(129)56-30-60-121(124)130(91-69-62-82(63-70-91)85-67-76-120-106(78-85)101-45-20-28-59-119(101)131(120)90-38-11-4-12-39-90)93-73-74-100-98-43-13-21-50-108(98)127(117(100)81-93,88-34-7-2-8-35-88)89-36-9-3-10-37-89/h1-81H. The van der Waals surface area contributed by atoms with E-state index in [2.05, 4.69) is 506 Å². The molecule has 28 rings (SSSR count). The Labute approximate surface area is 771 Å². The Morgan fingerprint density at radius 1 is 0.188 bits per heavy atom. The van der Waals surface area contributed by atoms with E-state index >= 15 is 0 Å². The third-order valence-electron chi connectivity index (χ3n) is 29.9. The van der Waals surface area contributed by atoms with Gasteiger partial charge in [-0.05, 0) is 248 Å². The number of hydrogen-bond acceptors (Lipinski definition) is 3. The molecule has 1 unspecified atom stereocenters. The van der Waals surface area contributed by atoms with Crippen molar-refractivity contribution in [3.05, 3.63) is 558 Å². The molecular weight excluding hydrogens is 1610 g/mol. The highest BCUT2D eigenvalue weighted by atomic mass is 16.3. The normalized spacial score (nSPS) is 14.3. The smallest absolute Gasteiger partial charge is 0.143 e. The largest absolute Gasteiger partial charge is 0.455 e. The van der Waals surface area contributed by atoms with Gasteiger partial charge in [0.25, 0.3) is 0 Å².